The van der Waals surface area contributed by atoms with Crippen molar-refractivity contribution in [2.75, 3.05) is 7.11 Å². The van der Waals surface area contributed by atoms with Gasteiger partial charge in [-0.1, -0.05) is 48.5 Å². The predicted octanol–water partition coefficient (Wildman–Crippen LogP) is 5.49. The first-order chi connectivity index (χ1) is 16.5. The van der Waals surface area contributed by atoms with E-state index in [1.807, 2.05) is 0 Å². The number of carbonyl (C=O) groups is 1. The molecule has 0 amide bonds. The van der Waals surface area contributed by atoms with Gasteiger partial charge in [-0.05, 0) is 97.7 Å². The lowest BCUT2D eigenvalue weighted by Crippen LogP contribution is -2.78. The zero-order chi connectivity index (χ0) is 26.7. The molecule has 0 bridgehead atoms. The van der Waals surface area contributed by atoms with Gasteiger partial charge >= 0.3 is 5.97 Å². The van der Waals surface area contributed by atoms with Crippen molar-refractivity contribution < 1.29 is 24.9 Å². The number of hydrogen-bond acceptors (Lipinski definition) is 5. The van der Waals surface area contributed by atoms with Crippen molar-refractivity contribution in [3.8, 4) is 0 Å². The fourth-order valence-corrected chi connectivity index (χ4v) is 11.5. The maximum atomic E-state index is 13.4. The SMILES string of the molecule is COC(=O)[C@]12CCC(C)(C)C[C@H]1C1(O)C(O)C[C@@H]3[C@@]4(C)CC[C@H](O)C(C)(C)[C@@H]4CC[C@@]3(C)[C@]1(C)CC2. The fraction of sp³-hybridized carbons (Fsp3) is 0.968. The molecule has 36 heavy (non-hydrogen) atoms. The van der Waals surface area contributed by atoms with E-state index in [1.54, 1.807) is 0 Å². The zero-order valence-electron chi connectivity index (χ0n) is 24.1. The van der Waals surface area contributed by atoms with Crippen molar-refractivity contribution in [2.45, 2.75) is 130 Å². The summed E-state index contributed by atoms with van der Waals surface area (Å²) in [5.74, 6) is 0.137. The molecule has 5 saturated carbocycles. The lowest BCUT2D eigenvalue weighted by atomic mass is 9.29. The third-order valence-electron chi connectivity index (χ3n) is 14.0. The van der Waals surface area contributed by atoms with Crippen molar-refractivity contribution in [1.82, 2.24) is 0 Å². The number of methoxy groups -OCH3 is 1. The summed E-state index contributed by atoms with van der Waals surface area (Å²) in [4.78, 5) is 13.4. The molecule has 0 aromatic carbocycles. The van der Waals surface area contributed by atoms with E-state index < -0.39 is 22.5 Å². The van der Waals surface area contributed by atoms with Gasteiger partial charge in [0.25, 0.3) is 0 Å². The molecule has 0 spiro atoms. The first kappa shape index (κ1) is 26.9. The molecular weight excluding hydrogens is 452 g/mol. The normalized spacial score (nSPS) is 55.4. The lowest BCUT2D eigenvalue weighted by Gasteiger charge is -2.76. The van der Waals surface area contributed by atoms with Crippen LogP contribution in [0.25, 0.3) is 0 Å². The molecule has 0 radical (unpaired) electrons. The van der Waals surface area contributed by atoms with Gasteiger partial charge in [-0.3, -0.25) is 4.79 Å². The van der Waals surface area contributed by atoms with Crippen LogP contribution in [-0.4, -0.2) is 46.2 Å². The quantitative estimate of drug-likeness (QED) is 0.411. The summed E-state index contributed by atoms with van der Waals surface area (Å²) in [5.41, 5.74) is -2.88. The number of carbonyl (C=O) groups excluding carboxylic acids is 1. The molecule has 10 atom stereocenters. The summed E-state index contributed by atoms with van der Waals surface area (Å²) in [6.07, 6.45) is 7.00. The number of aliphatic hydroxyl groups is 3. The Labute approximate surface area is 218 Å². The van der Waals surface area contributed by atoms with E-state index in [0.717, 1.165) is 51.4 Å². The Morgan fingerprint density at radius 3 is 2.06 bits per heavy atom. The van der Waals surface area contributed by atoms with E-state index in [0.29, 0.717) is 18.8 Å². The molecule has 5 nitrogen and oxygen atoms in total. The number of ether oxygens (including phenoxy) is 1. The molecule has 0 aromatic rings. The van der Waals surface area contributed by atoms with Crippen LogP contribution in [0.5, 0.6) is 0 Å². The zero-order valence-corrected chi connectivity index (χ0v) is 24.1. The van der Waals surface area contributed by atoms with Gasteiger partial charge in [-0.2, -0.15) is 0 Å². The minimum absolute atomic E-state index is 0.000807. The fourth-order valence-electron chi connectivity index (χ4n) is 11.5. The summed E-state index contributed by atoms with van der Waals surface area (Å²) in [6, 6.07) is 0. The summed E-state index contributed by atoms with van der Waals surface area (Å²) in [5, 5.41) is 36.0. The van der Waals surface area contributed by atoms with Crippen molar-refractivity contribution in [3.05, 3.63) is 0 Å². The van der Waals surface area contributed by atoms with Gasteiger partial charge in [0.2, 0.25) is 0 Å². The molecule has 5 heteroatoms. The molecule has 0 aromatic heterocycles. The van der Waals surface area contributed by atoms with E-state index in [9.17, 15) is 20.1 Å². The van der Waals surface area contributed by atoms with Crippen molar-refractivity contribution >= 4 is 5.97 Å². The monoisotopic (exact) mass is 504 g/mol. The second-order valence-corrected chi connectivity index (χ2v) is 15.9. The summed E-state index contributed by atoms with van der Waals surface area (Å²) in [6.45, 7) is 16.0. The van der Waals surface area contributed by atoms with Crippen molar-refractivity contribution in [3.63, 3.8) is 0 Å². The highest BCUT2D eigenvalue weighted by Crippen LogP contribution is 2.78. The van der Waals surface area contributed by atoms with E-state index in [2.05, 4.69) is 48.5 Å². The van der Waals surface area contributed by atoms with Crippen LogP contribution < -0.4 is 0 Å². The van der Waals surface area contributed by atoms with E-state index in [1.165, 1.54) is 7.11 Å². The van der Waals surface area contributed by atoms with Gasteiger partial charge in [0.1, 0.15) is 5.60 Å². The van der Waals surface area contributed by atoms with Crippen LogP contribution in [0.2, 0.25) is 0 Å². The summed E-state index contributed by atoms with van der Waals surface area (Å²) in [7, 11) is 1.47. The lowest BCUT2D eigenvalue weighted by molar-refractivity contribution is -0.343. The van der Waals surface area contributed by atoms with E-state index in [-0.39, 0.29) is 45.6 Å². The third-order valence-corrected chi connectivity index (χ3v) is 14.0. The third kappa shape index (κ3) is 2.97. The molecule has 5 aliphatic rings. The van der Waals surface area contributed by atoms with Crippen molar-refractivity contribution in [1.29, 1.82) is 0 Å². The van der Waals surface area contributed by atoms with Gasteiger partial charge in [-0.25, -0.2) is 0 Å². The van der Waals surface area contributed by atoms with E-state index in [4.69, 9.17) is 4.74 Å². The number of hydrogen-bond donors (Lipinski definition) is 3. The number of fused-ring (bicyclic) bond motifs is 7. The summed E-state index contributed by atoms with van der Waals surface area (Å²) < 4.78 is 5.41. The first-order valence-electron chi connectivity index (χ1n) is 14.6. The Kier molecular flexibility index (Phi) is 5.78. The number of aliphatic hydroxyl groups excluding tert-OH is 2. The molecule has 206 valence electrons. The van der Waals surface area contributed by atoms with Crippen molar-refractivity contribution in [2.24, 2.45) is 50.2 Å². The Hall–Kier alpha value is -0.650. The highest BCUT2D eigenvalue weighted by Gasteiger charge is 2.78. The average molecular weight is 505 g/mol. The maximum absolute atomic E-state index is 13.4. The maximum Gasteiger partial charge on any atom is 0.312 e. The Balaban J connectivity index is 1.63. The minimum Gasteiger partial charge on any atom is -0.469 e. The standard InChI is InChI=1S/C31H52O5/c1-25(2)13-15-30(24(34)36-8)16-14-29(7)28(6)12-9-19-26(3,4)22(32)10-11-27(19,5)20(28)17-23(33)31(29,35)21(30)18-25/h19-23,32-33,35H,9-18H2,1-8H3/t19-,20+,21+,22-,23?,27-,28+,29-,30-,31?/m0/s1. The van der Waals surface area contributed by atoms with Crippen LogP contribution in [0.3, 0.4) is 0 Å². The molecule has 5 rings (SSSR count). The minimum atomic E-state index is -1.34. The molecule has 0 heterocycles. The molecule has 2 unspecified atom stereocenters. The Morgan fingerprint density at radius 2 is 1.42 bits per heavy atom. The number of esters is 1. The average Bonchev–Trinajstić information content (AvgIpc) is 2.80. The van der Waals surface area contributed by atoms with Crippen LogP contribution in [0.1, 0.15) is 113 Å². The second kappa shape index (κ2) is 7.72. The summed E-state index contributed by atoms with van der Waals surface area (Å²) >= 11 is 0. The van der Waals surface area contributed by atoms with Gasteiger partial charge in [0, 0.05) is 11.3 Å². The van der Waals surface area contributed by atoms with Gasteiger partial charge in [0.05, 0.1) is 24.7 Å². The van der Waals surface area contributed by atoms with E-state index >= 15 is 0 Å². The van der Waals surface area contributed by atoms with Crippen LogP contribution in [0, 0.1) is 50.2 Å². The van der Waals surface area contributed by atoms with Crippen LogP contribution in [0.15, 0.2) is 0 Å². The molecule has 0 aliphatic heterocycles. The number of rotatable bonds is 1. The van der Waals surface area contributed by atoms with Gasteiger partial charge < -0.3 is 20.1 Å². The highest BCUT2D eigenvalue weighted by atomic mass is 16.5. The van der Waals surface area contributed by atoms with Gasteiger partial charge in [0.15, 0.2) is 0 Å². The smallest absolute Gasteiger partial charge is 0.312 e. The molecule has 0 saturated heterocycles. The van der Waals surface area contributed by atoms with Crippen LogP contribution in [-0.2, 0) is 9.53 Å². The van der Waals surface area contributed by atoms with Crippen LogP contribution >= 0.6 is 0 Å². The molecule has 5 aliphatic carbocycles. The second-order valence-electron chi connectivity index (χ2n) is 15.9. The molecule has 5 fully saturated rings. The largest absolute Gasteiger partial charge is 0.469 e. The first-order valence-corrected chi connectivity index (χ1v) is 14.6. The Bertz CT molecular complexity index is 928. The topological polar surface area (TPSA) is 87.0 Å². The molecule has 3 N–H and O–H groups in total. The van der Waals surface area contributed by atoms with Crippen LogP contribution in [0.4, 0.5) is 0 Å². The highest BCUT2D eigenvalue weighted by molar-refractivity contribution is 5.78. The van der Waals surface area contributed by atoms with Gasteiger partial charge in [-0.15, -0.1) is 0 Å². The molecular formula is C31H52O5. The predicted molar refractivity (Wildman–Crippen MR) is 140 cm³/mol. The Morgan fingerprint density at radius 1 is 0.778 bits per heavy atom.